The van der Waals surface area contributed by atoms with Crippen molar-refractivity contribution in [1.29, 1.82) is 0 Å². The van der Waals surface area contributed by atoms with Gasteiger partial charge in [0.1, 0.15) is 0 Å². The minimum Gasteiger partial charge on any atom is -0.375 e. The number of hydrogen-bond acceptors (Lipinski definition) is 2. The van der Waals surface area contributed by atoms with Crippen molar-refractivity contribution >= 4 is 17.3 Å². The molecule has 1 unspecified atom stereocenters. The predicted octanol–water partition coefficient (Wildman–Crippen LogP) is 5.16. The highest BCUT2D eigenvalue weighted by molar-refractivity contribution is 5.98. The second kappa shape index (κ2) is 7.30. The molecule has 1 heterocycles. The van der Waals surface area contributed by atoms with Crippen LogP contribution in [0.4, 0.5) is 11.4 Å². The Kier molecular flexibility index (Phi) is 4.73. The van der Waals surface area contributed by atoms with Gasteiger partial charge in [-0.25, -0.2) is 0 Å². The molecule has 2 aliphatic rings. The number of rotatable bonds is 3. The monoisotopic (exact) mass is 334 g/mol. The lowest BCUT2D eigenvalue weighted by Gasteiger charge is -2.37. The van der Waals surface area contributed by atoms with Crippen LogP contribution >= 0.6 is 0 Å². The number of amides is 1. The Bertz CT molecular complexity index is 722. The highest BCUT2D eigenvalue weighted by atomic mass is 16.2. The van der Waals surface area contributed by atoms with Crippen LogP contribution in [-0.2, 0) is 4.79 Å². The average Bonchev–Trinajstić information content (AvgIpc) is 2.68. The van der Waals surface area contributed by atoms with E-state index in [0.717, 1.165) is 11.4 Å². The van der Waals surface area contributed by atoms with Crippen LogP contribution in [0.1, 0.15) is 50.1 Å². The topological polar surface area (TPSA) is 32.3 Å². The number of benzene rings is 2. The molecule has 1 atom stereocenters. The number of fused-ring (bicyclic) bond motifs is 1. The molecule has 0 aromatic heterocycles. The Balaban J connectivity index is 1.57. The van der Waals surface area contributed by atoms with Gasteiger partial charge in [-0.1, -0.05) is 61.7 Å². The van der Waals surface area contributed by atoms with E-state index in [0.29, 0.717) is 18.9 Å². The lowest BCUT2D eigenvalue weighted by molar-refractivity contribution is -0.119. The third-order valence-corrected chi connectivity index (χ3v) is 5.58. The first-order valence-corrected chi connectivity index (χ1v) is 9.52. The van der Waals surface area contributed by atoms with E-state index in [1.54, 1.807) is 0 Å². The Morgan fingerprint density at radius 1 is 0.960 bits per heavy atom. The maximum absolute atomic E-state index is 13.1. The summed E-state index contributed by atoms with van der Waals surface area (Å²) in [6.45, 7) is 0.701. The quantitative estimate of drug-likeness (QED) is 0.841. The van der Waals surface area contributed by atoms with E-state index in [1.165, 1.54) is 37.7 Å². The van der Waals surface area contributed by atoms with E-state index in [1.807, 2.05) is 23.1 Å². The Morgan fingerprint density at radius 2 is 1.68 bits per heavy atom. The third kappa shape index (κ3) is 3.55. The summed E-state index contributed by atoms with van der Waals surface area (Å²) in [4.78, 5) is 15.1. The smallest absolute Gasteiger partial charge is 0.227 e. The first-order valence-electron chi connectivity index (χ1n) is 9.52. The third-order valence-electron chi connectivity index (χ3n) is 5.58. The van der Waals surface area contributed by atoms with Crippen LogP contribution in [0.2, 0.25) is 0 Å². The zero-order valence-corrected chi connectivity index (χ0v) is 14.7. The second-order valence-corrected chi connectivity index (χ2v) is 7.34. The van der Waals surface area contributed by atoms with Gasteiger partial charge in [-0.2, -0.15) is 0 Å². The lowest BCUT2D eigenvalue weighted by atomic mass is 9.86. The summed E-state index contributed by atoms with van der Waals surface area (Å²) in [6, 6.07) is 18.8. The summed E-state index contributed by atoms with van der Waals surface area (Å²) in [6.07, 6.45) is 7.00. The Hall–Kier alpha value is -2.29. The van der Waals surface area contributed by atoms with Crippen molar-refractivity contribution in [3.63, 3.8) is 0 Å². The fourth-order valence-electron chi connectivity index (χ4n) is 4.20. The van der Waals surface area contributed by atoms with Crippen molar-refractivity contribution in [1.82, 2.24) is 0 Å². The number of anilines is 2. The van der Waals surface area contributed by atoms with Crippen LogP contribution in [0.3, 0.4) is 0 Å². The maximum Gasteiger partial charge on any atom is 0.227 e. The summed E-state index contributed by atoms with van der Waals surface area (Å²) < 4.78 is 0. The molecule has 1 saturated carbocycles. The van der Waals surface area contributed by atoms with Crippen LogP contribution in [-0.4, -0.2) is 12.5 Å². The summed E-state index contributed by atoms with van der Waals surface area (Å²) in [5.74, 6) is 0.847. The van der Waals surface area contributed by atoms with E-state index in [-0.39, 0.29) is 11.9 Å². The standard InChI is InChI=1S/C22H26N2O/c25-22(15-17-9-3-1-4-10-17)24-16-20(18-11-5-2-6-12-18)23-19-13-7-8-14-21(19)24/h2,5-8,11-14,17,20,23H,1,3-4,9-10,15-16H2. The maximum atomic E-state index is 13.1. The van der Waals surface area contributed by atoms with Gasteiger partial charge in [0, 0.05) is 6.42 Å². The van der Waals surface area contributed by atoms with Crippen LogP contribution in [0.15, 0.2) is 54.6 Å². The molecule has 0 bridgehead atoms. The molecule has 2 aromatic carbocycles. The first-order chi connectivity index (χ1) is 12.3. The molecule has 2 aromatic rings. The van der Waals surface area contributed by atoms with Gasteiger partial charge in [0.15, 0.2) is 0 Å². The average molecular weight is 334 g/mol. The molecule has 25 heavy (non-hydrogen) atoms. The van der Waals surface area contributed by atoms with E-state index in [4.69, 9.17) is 0 Å². The van der Waals surface area contributed by atoms with Crippen LogP contribution in [0.5, 0.6) is 0 Å². The zero-order chi connectivity index (χ0) is 17.1. The van der Waals surface area contributed by atoms with Gasteiger partial charge >= 0.3 is 0 Å². The van der Waals surface area contributed by atoms with Crippen molar-refractivity contribution in [2.45, 2.75) is 44.6 Å². The van der Waals surface area contributed by atoms with Gasteiger partial charge in [0.2, 0.25) is 5.91 Å². The molecule has 1 fully saturated rings. The fraction of sp³-hybridized carbons (Fsp3) is 0.409. The van der Waals surface area contributed by atoms with Crippen LogP contribution in [0.25, 0.3) is 0 Å². The zero-order valence-electron chi connectivity index (χ0n) is 14.7. The highest BCUT2D eigenvalue weighted by Gasteiger charge is 2.30. The first kappa shape index (κ1) is 16.2. The molecule has 0 radical (unpaired) electrons. The molecule has 1 N–H and O–H groups in total. The summed E-state index contributed by atoms with van der Waals surface area (Å²) in [7, 11) is 0. The molecule has 4 rings (SSSR count). The second-order valence-electron chi connectivity index (χ2n) is 7.34. The van der Waals surface area contributed by atoms with Gasteiger partial charge in [-0.3, -0.25) is 4.79 Å². The minimum atomic E-state index is 0.145. The summed E-state index contributed by atoms with van der Waals surface area (Å²) in [5.41, 5.74) is 3.31. The highest BCUT2D eigenvalue weighted by Crippen LogP contribution is 2.37. The number of hydrogen-bond donors (Lipinski definition) is 1. The molecule has 0 saturated heterocycles. The minimum absolute atomic E-state index is 0.145. The van der Waals surface area contributed by atoms with Crippen molar-refractivity contribution < 1.29 is 4.79 Å². The van der Waals surface area contributed by atoms with Gasteiger partial charge in [-0.05, 0) is 36.5 Å². The van der Waals surface area contributed by atoms with Gasteiger partial charge < -0.3 is 10.2 Å². The SMILES string of the molecule is O=C(CC1CCCCC1)N1CC(c2ccccc2)Nc2ccccc21. The lowest BCUT2D eigenvalue weighted by Crippen LogP contribution is -2.41. The Labute approximate surface area is 150 Å². The molecule has 1 aliphatic heterocycles. The molecule has 0 spiro atoms. The Morgan fingerprint density at radius 3 is 2.48 bits per heavy atom. The van der Waals surface area contributed by atoms with E-state index < -0.39 is 0 Å². The number of para-hydroxylation sites is 2. The van der Waals surface area contributed by atoms with E-state index in [2.05, 4.69) is 41.7 Å². The predicted molar refractivity (Wildman–Crippen MR) is 103 cm³/mol. The molecule has 1 aliphatic carbocycles. The molecule has 3 heteroatoms. The summed E-state index contributed by atoms with van der Waals surface area (Å²) in [5, 5.41) is 3.61. The van der Waals surface area contributed by atoms with Crippen molar-refractivity contribution in [2.24, 2.45) is 5.92 Å². The molecule has 1 amide bonds. The normalized spacial score (nSPS) is 20.6. The van der Waals surface area contributed by atoms with E-state index >= 15 is 0 Å². The van der Waals surface area contributed by atoms with Crippen molar-refractivity contribution in [2.75, 3.05) is 16.8 Å². The number of carbonyl (C=O) groups is 1. The van der Waals surface area contributed by atoms with Crippen LogP contribution < -0.4 is 10.2 Å². The van der Waals surface area contributed by atoms with Crippen molar-refractivity contribution in [3.8, 4) is 0 Å². The number of nitrogens with zero attached hydrogens (tertiary/aromatic N) is 1. The van der Waals surface area contributed by atoms with E-state index in [9.17, 15) is 4.79 Å². The molecular weight excluding hydrogens is 308 g/mol. The van der Waals surface area contributed by atoms with Gasteiger partial charge in [0.25, 0.3) is 0 Å². The molecule has 3 nitrogen and oxygen atoms in total. The van der Waals surface area contributed by atoms with Crippen LogP contribution in [0, 0.1) is 5.92 Å². The largest absolute Gasteiger partial charge is 0.375 e. The van der Waals surface area contributed by atoms with Gasteiger partial charge in [0.05, 0.1) is 24.0 Å². The van der Waals surface area contributed by atoms with Crippen molar-refractivity contribution in [3.05, 3.63) is 60.2 Å². The van der Waals surface area contributed by atoms with Gasteiger partial charge in [-0.15, -0.1) is 0 Å². The number of carbonyl (C=O) groups excluding carboxylic acids is 1. The summed E-state index contributed by atoms with van der Waals surface area (Å²) >= 11 is 0. The fourth-order valence-corrected chi connectivity index (χ4v) is 4.20. The molecule has 130 valence electrons. The molecular formula is C22H26N2O. The number of nitrogens with one attached hydrogen (secondary N) is 1.